The zero-order chi connectivity index (χ0) is 7.65. The average molecular weight is 148 g/mol. The van der Waals surface area contributed by atoms with Crippen molar-refractivity contribution in [2.45, 2.75) is 26.4 Å². The molecule has 0 bridgehead atoms. The summed E-state index contributed by atoms with van der Waals surface area (Å²) in [4.78, 5) is 0. The molecule has 0 amide bonds. The Morgan fingerprint density at radius 1 is 1.11 bits per heavy atom. The minimum atomic E-state index is -1.81. The third-order valence-electron chi connectivity index (χ3n) is 1.95. The fraction of sp³-hybridized carbons (Fsp3) is 1.00. The molecule has 0 fully saturated rings. The van der Waals surface area contributed by atoms with E-state index in [1.165, 1.54) is 0 Å². The van der Waals surface area contributed by atoms with Crippen molar-refractivity contribution in [3.05, 3.63) is 0 Å². The minimum absolute atomic E-state index is 0.373. The monoisotopic (exact) mass is 148 g/mol. The highest BCUT2D eigenvalue weighted by Gasteiger charge is 2.20. The number of hydrogen-bond acceptors (Lipinski definition) is 1. The highest BCUT2D eigenvalue weighted by Crippen LogP contribution is 2.45. The van der Waals surface area contributed by atoms with Crippen molar-refractivity contribution in [2.75, 3.05) is 13.3 Å². The highest BCUT2D eigenvalue weighted by atomic mass is 31.2. The SMILES string of the molecule is CC(C)C(C)P(C)(C)=O. The predicted octanol–water partition coefficient (Wildman–Crippen LogP) is 2.65. The molecule has 0 heterocycles. The highest BCUT2D eigenvalue weighted by molar-refractivity contribution is 7.63. The van der Waals surface area contributed by atoms with Gasteiger partial charge < -0.3 is 4.57 Å². The Bertz CT molecular complexity index is 123. The van der Waals surface area contributed by atoms with Crippen LogP contribution in [0.5, 0.6) is 0 Å². The summed E-state index contributed by atoms with van der Waals surface area (Å²) >= 11 is 0. The van der Waals surface area contributed by atoms with Crippen molar-refractivity contribution in [1.29, 1.82) is 0 Å². The Balaban J connectivity index is 4.05. The Kier molecular flexibility index (Phi) is 2.95. The lowest BCUT2D eigenvalue weighted by molar-refractivity contribution is 0.546. The topological polar surface area (TPSA) is 17.1 Å². The van der Waals surface area contributed by atoms with Crippen LogP contribution in [-0.4, -0.2) is 19.0 Å². The van der Waals surface area contributed by atoms with Crippen molar-refractivity contribution >= 4 is 7.14 Å². The second kappa shape index (κ2) is 2.88. The molecule has 56 valence electrons. The van der Waals surface area contributed by atoms with Crippen molar-refractivity contribution < 1.29 is 4.57 Å². The van der Waals surface area contributed by atoms with E-state index < -0.39 is 7.14 Å². The standard InChI is InChI=1S/C7H17OP/c1-6(2)7(3)9(4,5)8/h6-7H,1-5H3. The molecule has 1 unspecified atom stereocenters. The molecule has 1 atom stereocenters. The van der Waals surface area contributed by atoms with Gasteiger partial charge in [0.1, 0.15) is 0 Å². The van der Waals surface area contributed by atoms with Crippen LogP contribution in [0.4, 0.5) is 0 Å². The average Bonchev–Trinajstić information content (AvgIpc) is 1.62. The second-order valence-electron chi connectivity index (χ2n) is 3.42. The molecule has 0 aromatic rings. The van der Waals surface area contributed by atoms with E-state index in [0.29, 0.717) is 11.6 Å². The Labute approximate surface area is 58.2 Å². The molecule has 1 nitrogen and oxygen atoms in total. The van der Waals surface area contributed by atoms with Crippen LogP contribution in [0.3, 0.4) is 0 Å². The largest absolute Gasteiger partial charge is 0.324 e. The summed E-state index contributed by atoms with van der Waals surface area (Å²) in [7, 11) is -1.81. The summed E-state index contributed by atoms with van der Waals surface area (Å²) in [6.07, 6.45) is 0. The maximum absolute atomic E-state index is 11.4. The summed E-state index contributed by atoms with van der Waals surface area (Å²) in [5.41, 5.74) is 0.373. The maximum Gasteiger partial charge on any atom is 0.0848 e. The van der Waals surface area contributed by atoms with Gasteiger partial charge in [-0.1, -0.05) is 20.8 Å². The molecule has 0 radical (unpaired) electrons. The van der Waals surface area contributed by atoms with Gasteiger partial charge in [-0.15, -0.1) is 0 Å². The molecule has 2 heteroatoms. The number of hydrogen-bond donors (Lipinski definition) is 0. The smallest absolute Gasteiger partial charge is 0.0848 e. The van der Waals surface area contributed by atoms with Crippen molar-refractivity contribution in [2.24, 2.45) is 5.92 Å². The maximum atomic E-state index is 11.4. The van der Waals surface area contributed by atoms with E-state index in [-0.39, 0.29) is 0 Å². The van der Waals surface area contributed by atoms with Gasteiger partial charge in [-0.25, -0.2) is 0 Å². The summed E-state index contributed by atoms with van der Waals surface area (Å²) in [6.45, 7) is 10.0. The van der Waals surface area contributed by atoms with Gasteiger partial charge in [0.2, 0.25) is 0 Å². The van der Waals surface area contributed by atoms with Crippen LogP contribution in [0, 0.1) is 5.92 Å². The summed E-state index contributed by atoms with van der Waals surface area (Å²) in [6, 6.07) is 0. The van der Waals surface area contributed by atoms with Crippen LogP contribution < -0.4 is 0 Å². The normalized spacial score (nSPS) is 16.2. The first-order chi connectivity index (χ1) is 3.85. The Hall–Kier alpha value is 0.230. The van der Waals surface area contributed by atoms with E-state index in [1.54, 1.807) is 0 Å². The van der Waals surface area contributed by atoms with Gasteiger partial charge in [0.05, 0.1) is 7.14 Å². The number of rotatable bonds is 2. The van der Waals surface area contributed by atoms with Crippen LogP contribution in [-0.2, 0) is 4.57 Å². The lowest BCUT2D eigenvalue weighted by Crippen LogP contribution is -2.09. The van der Waals surface area contributed by atoms with Gasteiger partial charge in [-0.3, -0.25) is 0 Å². The van der Waals surface area contributed by atoms with Crippen LogP contribution in [0.1, 0.15) is 20.8 Å². The Morgan fingerprint density at radius 3 is 1.44 bits per heavy atom. The molecule has 0 aliphatic heterocycles. The lowest BCUT2D eigenvalue weighted by atomic mass is 10.2. The zero-order valence-corrected chi connectivity index (χ0v) is 7.90. The molecule has 0 spiro atoms. The third-order valence-corrected chi connectivity index (χ3v) is 4.50. The van der Waals surface area contributed by atoms with Crippen LogP contribution in [0.15, 0.2) is 0 Å². The molecule has 0 saturated heterocycles. The molecule has 9 heavy (non-hydrogen) atoms. The fourth-order valence-electron chi connectivity index (χ4n) is 0.718. The molecular weight excluding hydrogens is 131 g/mol. The van der Waals surface area contributed by atoms with Crippen LogP contribution in [0.2, 0.25) is 0 Å². The first kappa shape index (κ1) is 9.23. The first-order valence-corrected chi connectivity index (χ1v) is 6.07. The lowest BCUT2D eigenvalue weighted by Gasteiger charge is -2.19. The molecular formula is C7H17OP. The fourth-order valence-corrected chi connectivity index (χ4v) is 2.15. The van der Waals surface area contributed by atoms with Crippen LogP contribution in [0.25, 0.3) is 0 Å². The van der Waals surface area contributed by atoms with Crippen LogP contribution >= 0.6 is 7.14 Å². The summed E-state index contributed by atoms with van der Waals surface area (Å²) < 4.78 is 11.4. The van der Waals surface area contributed by atoms with Gasteiger partial charge in [0.15, 0.2) is 0 Å². The van der Waals surface area contributed by atoms with E-state index in [4.69, 9.17) is 0 Å². The molecule has 0 aliphatic carbocycles. The second-order valence-corrected chi connectivity index (χ2v) is 7.10. The summed E-state index contributed by atoms with van der Waals surface area (Å²) in [5.74, 6) is 0.547. The molecule has 0 aliphatic rings. The predicted molar refractivity (Wildman–Crippen MR) is 43.8 cm³/mol. The van der Waals surface area contributed by atoms with Crippen molar-refractivity contribution in [3.63, 3.8) is 0 Å². The van der Waals surface area contributed by atoms with Gasteiger partial charge in [-0.2, -0.15) is 0 Å². The zero-order valence-electron chi connectivity index (χ0n) is 7.01. The quantitative estimate of drug-likeness (QED) is 0.550. The molecule has 0 saturated carbocycles. The van der Waals surface area contributed by atoms with Gasteiger partial charge in [-0.05, 0) is 19.2 Å². The van der Waals surface area contributed by atoms with E-state index in [0.717, 1.165) is 0 Å². The Morgan fingerprint density at radius 2 is 1.44 bits per heavy atom. The van der Waals surface area contributed by atoms with E-state index >= 15 is 0 Å². The van der Waals surface area contributed by atoms with Gasteiger partial charge in [0, 0.05) is 5.66 Å². The van der Waals surface area contributed by atoms with Crippen molar-refractivity contribution in [3.8, 4) is 0 Å². The van der Waals surface area contributed by atoms with Gasteiger partial charge in [0.25, 0.3) is 0 Å². The van der Waals surface area contributed by atoms with Crippen molar-refractivity contribution in [1.82, 2.24) is 0 Å². The molecule has 0 aromatic heterocycles. The molecule has 0 rings (SSSR count). The van der Waals surface area contributed by atoms with Gasteiger partial charge >= 0.3 is 0 Å². The van der Waals surface area contributed by atoms with E-state index in [9.17, 15) is 4.57 Å². The molecule has 0 N–H and O–H groups in total. The third kappa shape index (κ3) is 3.05. The van der Waals surface area contributed by atoms with E-state index in [2.05, 4.69) is 20.8 Å². The minimum Gasteiger partial charge on any atom is -0.324 e. The van der Waals surface area contributed by atoms with E-state index in [1.807, 2.05) is 13.3 Å². The molecule has 0 aromatic carbocycles. The first-order valence-electron chi connectivity index (χ1n) is 3.40. The summed E-state index contributed by atoms with van der Waals surface area (Å²) in [5, 5.41) is 0.